The van der Waals surface area contributed by atoms with Gasteiger partial charge in [-0.05, 0) is 48.5 Å². The maximum absolute atomic E-state index is 12.3. The summed E-state index contributed by atoms with van der Waals surface area (Å²) in [6, 6.07) is 17.4. The quantitative estimate of drug-likeness (QED) is 0.281. The lowest BCUT2D eigenvalue weighted by molar-refractivity contribution is -0.119. The zero-order valence-corrected chi connectivity index (χ0v) is 19.6. The molecular weight excluding hydrogens is 478 g/mol. The Morgan fingerprint density at radius 2 is 1.85 bits per heavy atom. The first kappa shape index (κ1) is 23.4. The van der Waals surface area contributed by atoms with Crippen LogP contribution in [-0.2, 0) is 11.3 Å². The number of hydrogen-bond donors (Lipinski definition) is 2. The van der Waals surface area contributed by atoms with Gasteiger partial charge in [-0.3, -0.25) is 25.0 Å². The Hall–Kier alpha value is -3.76. The SMILES string of the molecule is COc1ccccc1-c1nnc(SCC(=O)NNC(=O)c2ccc(Cl)cc2)n1Cc1ccco1. The number of halogens is 1. The minimum Gasteiger partial charge on any atom is -0.496 e. The lowest BCUT2D eigenvalue weighted by atomic mass is 10.2. The number of aromatic nitrogens is 3. The van der Waals surface area contributed by atoms with Gasteiger partial charge in [0, 0.05) is 10.6 Å². The number of thioether (sulfide) groups is 1. The third-order valence-corrected chi connectivity index (χ3v) is 5.93. The van der Waals surface area contributed by atoms with Gasteiger partial charge < -0.3 is 9.15 Å². The second kappa shape index (κ2) is 10.9. The highest BCUT2D eigenvalue weighted by Crippen LogP contribution is 2.31. The molecule has 0 bridgehead atoms. The number of ether oxygens (including phenoxy) is 1. The van der Waals surface area contributed by atoms with E-state index in [9.17, 15) is 9.59 Å². The fraction of sp³-hybridized carbons (Fsp3) is 0.130. The first-order valence-corrected chi connectivity index (χ1v) is 11.5. The molecular formula is C23H20ClN5O4S. The fourth-order valence-electron chi connectivity index (χ4n) is 3.09. The highest BCUT2D eigenvalue weighted by Gasteiger charge is 2.19. The van der Waals surface area contributed by atoms with E-state index in [-0.39, 0.29) is 5.75 Å². The second-order valence-electron chi connectivity index (χ2n) is 6.97. The summed E-state index contributed by atoms with van der Waals surface area (Å²) in [7, 11) is 1.59. The van der Waals surface area contributed by atoms with Crippen LogP contribution in [0.25, 0.3) is 11.4 Å². The predicted octanol–water partition coefficient (Wildman–Crippen LogP) is 3.80. The zero-order chi connectivity index (χ0) is 23.9. The molecule has 0 saturated heterocycles. The first-order chi connectivity index (χ1) is 16.5. The van der Waals surface area contributed by atoms with Crippen LogP contribution in [0.5, 0.6) is 5.75 Å². The Morgan fingerprint density at radius 3 is 2.59 bits per heavy atom. The Kier molecular flexibility index (Phi) is 7.51. The van der Waals surface area contributed by atoms with Gasteiger partial charge in [-0.1, -0.05) is 35.5 Å². The number of rotatable bonds is 8. The molecule has 2 heterocycles. The van der Waals surface area contributed by atoms with Crippen LogP contribution in [0.2, 0.25) is 5.02 Å². The van der Waals surface area contributed by atoms with Crippen LogP contribution < -0.4 is 15.6 Å². The fourth-order valence-corrected chi connectivity index (χ4v) is 3.95. The lowest BCUT2D eigenvalue weighted by Crippen LogP contribution is -2.42. The van der Waals surface area contributed by atoms with Crippen molar-refractivity contribution in [2.24, 2.45) is 0 Å². The number of hydrazine groups is 1. The largest absolute Gasteiger partial charge is 0.496 e. The number of furan rings is 1. The normalized spacial score (nSPS) is 10.6. The molecule has 2 aromatic carbocycles. The number of carbonyl (C=O) groups is 2. The summed E-state index contributed by atoms with van der Waals surface area (Å²) >= 11 is 7.01. The van der Waals surface area contributed by atoms with Gasteiger partial charge in [0.05, 0.1) is 31.2 Å². The minimum atomic E-state index is -0.450. The number of amides is 2. The van der Waals surface area contributed by atoms with Gasteiger partial charge in [0.25, 0.3) is 5.91 Å². The Morgan fingerprint density at radius 1 is 1.06 bits per heavy atom. The summed E-state index contributed by atoms with van der Waals surface area (Å²) < 4.78 is 12.8. The minimum absolute atomic E-state index is 0.00309. The molecule has 0 aliphatic rings. The first-order valence-electron chi connectivity index (χ1n) is 10.1. The van der Waals surface area contributed by atoms with Crippen molar-refractivity contribution in [3.05, 3.63) is 83.3 Å². The number of nitrogens with one attached hydrogen (secondary N) is 2. The number of methoxy groups -OCH3 is 1. The Bertz CT molecular complexity index is 1280. The zero-order valence-electron chi connectivity index (χ0n) is 18.0. The molecule has 0 atom stereocenters. The van der Waals surface area contributed by atoms with Gasteiger partial charge in [0.1, 0.15) is 11.5 Å². The molecule has 4 rings (SSSR count). The summed E-state index contributed by atoms with van der Waals surface area (Å²) in [5, 5.41) is 9.63. The van der Waals surface area contributed by atoms with E-state index in [1.54, 1.807) is 43.7 Å². The Balaban J connectivity index is 1.46. The molecule has 0 spiro atoms. The van der Waals surface area contributed by atoms with Crippen molar-refractivity contribution < 1.29 is 18.7 Å². The van der Waals surface area contributed by atoms with Crippen molar-refractivity contribution in [3.8, 4) is 17.1 Å². The lowest BCUT2D eigenvalue weighted by Gasteiger charge is -2.11. The molecule has 2 N–H and O–H groups in total. The number of nitrogens with zero attached hydrogens (tertiary/aromatic N) is 3. The van der Waals surface area contributed by atoms with Crippen molar-refractivity contribution in [2.75, 3.05) is 12.9 Å². The van der Waals surface area contributed by atoms with E-state index in [4.69, 9.17) is 20.8 Å². The molecule has 174 valence electrons. The van der Waals surface area contributed by atoms with E-state index in [0.717, 1.165) is 5.56 Å². The van der Waals surface area contributed by atoms with E-state index in [1.807, 2.05) is 34.9 Å². The summed E-state index contributed by atoms with van der Waals surface area (Å²) in [4.78, 5) is 24.5. The maximum Gasteiger partial charge on any atom is 0.269 e. The third kappa shape index (κ3) is 5.59. The van der Waals surface area contributed by atoms with E-state index >= 15 is 0 Å². The van der Waals surface area contributed by atoms with Gasteiger partial charge in [-0.2, -0.15) is 0 Å². The smallest absolute Gasteiger partial charge is 0.269 e. The van der Waals surface area contributed by atoms with Gasteiger partial charge in [0.2, 0.25) is 5.91 Å². The molecule has 0 saturated carbocycles. The van der Waals surface area contributed by atoms with Crippen molar-refractivity contribution in [2.45, 2.75) is 11.7 Å². The van der Waals surface area contributed by atoms with Crippen LogP contribution in [-0.4, -0.2) is 39.4 Å². The number of para-hydroxylation sites is 1. The van der Waals surface area contributed by atoms with Crippen LogP contribution in [0, 0.1) is 0 Å². The van der Waals surface area contributed by atoms with Crippen molar-refractivity contribution >= 4 is 35.2 Å². The molecule has 11 heteroatoms. The van der Waals surface area contributed by atoms with E-state index < -0.39 is 11.8 Å². The van der Waals surface area contributed by atoms with Crippen molar-refractivity contribution in [1.29, 1.82) is 0 Å². The molecule has 0 radical (unpaired) electrons. The molecule has 9 nitrogen and oxygen atoms in total. The molecule has 0 aliphatic heterocycles. The molecule has 0 fully saturated rings. The standard InChI is InChI=1S/C23H20ClN5O4S/c1-32-19-7-3-2-6-18(19)21-26-28-23(29(21)13-17-5-4-12-33-17)34-14-20(30)25-27-22(31)15-8-10-16(24)11-9-15/h2-12H,13-14H2,1H3,(H,25,30)(H,27,31). The summed E-state index contributed by atoms with van der Waals surface area (Å²) in [5.41, 5.74) is 5.91. The predicted molar refractivity (Wildman–Crippen MR) is 128 cm³/mol. The van der Waals surface area contributed by atoms with E-state index in [2.05, 4.69) is 21.0 Å². The number of benzene rings is 2. The second-order valence-corrected chi connectivity index (χ2v) is 8.35. The highest BCUT2D eigenvalue weighted by atomic mass is 35.5. The summed E-state index contributed by atoms with van der Waals surface area (Å²) in [6.45, 7) is 0.366. The van der Waals surface area contributed by atoms with Gasteiger partial charge in [0.15, 0.2) is 11.0 Å². The van der Waals surface area contributed by atoms with Crippen LogP contribution in [0.3, 0.4) is 0 Å². The van der Waals surface area contributed by atoms with Crippen LogP contribution in [0.15, 0.2) is 76.5 Å². The van der Waals surface area contributed by atoms with Crippen molar-refractivity contribution in [3.63, 3.8) is 0 Å². The molecule has 4 aromatic rings. The number of hydrogen-bond acceptors (Lipinski definition) is 7. The Labute approximate surface area is 204 Å². The third-order valence-electron chi connectivity index (χ3n) is 4.71. The summed E-state index contributed by atoms with van der Waals surface area (Å²) in [6.07, 6.45) is 1.59. The van der Waals surface area contributed by atoms with Crippen LogP contribution in [0.4, 0.5) is 0 Å². The van der Waals surface area contributed by atoms with Crippen LogP contribution in [0.1, 0.15) is 16.1 Å². The highest BCUT2D eigenvalue weighted by molar-refractivity contribution is 7.99. The topological polar surface area (TPSA) is 111 Å². The van der Waals surface area contributed by atoms with Crippen molar-refractivity contribution in [1.82, 2.24) is 25.6 Å². The van der Waals surface area contributed by atoms with Gasteiger partial charge in [-0.15, -0.1) is 10.2 Å². The molecule has 2 aromatic heterocycles. The average Bonchev–Trinajstić information content (AvgIpc) is 3.52. The van der Waals surface area contributed by atoms with Crippen LogP contribution >= 0.6 is 23.4 Å². The van der Waals surface area contributed by atoms with E-state index in [0.29, 0.717) is 39.6 Å². The molecule has 34 heavy (non-hydrogen) atoms. The van der Waals surface area contributed by atoms with Gasteiger partial charge in [-0.25, -0.2) is 0 Å². The number of carbonyl (C=O) groups excluding carboxylic acids is 2. The van der Waals surface area contributed by atoms with E-state index in [1.165, 1.54) is 11.8 Å². The monoisotopic (exact) mass is 497 g/mol. The molecule has 2 amide bonds. The molecule has 0 unspecified atom stereocenters. The summed E-state index contributed by atoms with van der Waals surface area (Å²) in [5.74, 6) is 1.08. The maximum atomic E-state index is 12.3. The van der Waals surface area contributed by atoms with Gasteiger partial charge >= 0.3 is 0 Å². The average molecular weight is 498 g/mol. The molecule has 0 aliphatic carbocycles.